The van der Waals surface area contributed by atoms with E-state index in [0.717, 1.165) is 19.3 Å². The maximum absolute atomic E-state index is 12.5. The molecule has 0 heterocycles. The highest BCUT2D eigenvalue weighted by molar-refractivity contribution is 5.88. The Balaban J connectivity index is 1.73. The molecule has 2 aromatic carbocycles. The molecule has 0 saturated heterocycles. The first-order valence-corrected chi connectivity index (χ1v) is 11.6. The van der Waals surface area contributed by atoms with E-state index in [9.17, 15) is 39.9 Å². The van der Waals surface area contributed by atoms with E-state index in [-0.39, 0.29) is 17.2 Å². The molecule has 39 heavy (non-hydrogen) atoms. The normalized spacial score (nSPS) is 22.9. The fourth-order valence-corrected chi connectivity index (χ4v) is 3.97. The van der Waals surface area contributed by atoms with Gasteiger partial charge in [0.1, 0.15) is 18.3 Å². The van der Waals surface area contributed by atoms with Gasteiger partial charge in [-0.25, -0.2) is 14.4 Å². The first-order chi connectivity index (χ1) is 18.4. The average Bonchev–Trinajstić information content (AvgIpc) is 2.90. The van der Waals surface area contributed by atoms with Crippen molar-refractivity contribution in [1.82, 2.24) is 0 Å². The SMILES string of the molecule is COC(=O)[C@@]1(O)C[C@@H](OC(=O)/C=C/c2ccc(O)c(O)c2)[C@H](O)[C@H](OC(=O)/C=C/c2ccc(OC)c(O)c2)C1. The Bertz CT molecular complexity index is 1280. The van der Waals surface area contributed by atoms with Crippen LogP contribution in [0.4, 0.5) is 0 Å². The van der Waals surface area contributed by atoms with E-state index in [1.54, 1.807) is 6.07 Å². The fraction of sp³-hybridized carbons (Fsp3) is 0.296. The second-order valence-corrected chi connectivity index (χ2v) is 8.72. The summed E-state index contributed by atoms with van der Waals surface area (Å²) >= 11 is 0. The molecule has 0 aromatic heterocycles. The molecule has 0 radical (unpaired) electrons. The highest BCUT2D eigenvalue weighted by Gasteiger charge is 2.52. The summed E-state index contributed by atoms with van der Waals surface area (Å²) in [7, 11) is 2.42. The maximum Gasteiger partial charge on any atom is 0.338 e. The molecule has 1 saturated carbocycles. The van der Waals surface area contributed by atoms with Gasteiger partial charge in [-0.15, -0.1) is 0 Å². The number of phenolic OH excluding ortho intramolecular Hbond substituents is 3. The average molecular weight is 545 g/mol. The van der Waals surface area contributed by atoms with Crippen molar-refractivity contribution in [2.75, 3.05) is 14.2 Å². The molecule has 208 valence electrons. The molecule has 12 heteroatoms. The smallest absolute Gasteiger partial charge is 0.338 e. The van der Waals surface area contributed by atoms with Gasteiger partial charge in [-0.3, -0.25) is 0 Å². The highest BCUT2D eigenvalue weighted by atomic mass is 16.6. The van der Waals surface area contributed by atoms with Gasteiger partial charge in [0.15, 0.2) is 28.6 Å². The number of carbonyl (C=O) groups excluding carboxylic acids is 3. The summed E-state index contributed by atoms with van der Waals surface area (Å²) in [5, 5.41) is 50.5. The Morgan fingerprint density at radius 3 is 1.79 bits per heavy atom. The number of ether oxygens (including phenoxy) is 4. The lowest BCUT2D eigenvalue weighted by molar-refractivity contribution is -0.204. The number of hydrogen-bond acceptors (Lipinski definition) is 12. The van der Waals surface area contributed by atoms with Crippen molar-refractivity contribution in [2.24, 2.45) is 0 Å². The molecule has 0 bridgehead atoms. The number of hydrogen-bond donors (Lipinski definition) is 5. The van der Waals surface area contributed by atoms with E-state index in [4.69, 9.17) is 14.2 Å². The predicted octanol–water partition coefficient (Wildman–Crippen LogP) is 1.42. The van der Waals surface area contributed by atoms with Crippen LogP contribution in [0, 0.1) is 0 Å². The summed E-state index contributed by atoms with van der Waals surface area (Å²) in [5.74, 6) is -3.65. The van der Waals surface area contributed by atoms with Crippen LogP contribution in [0.15, 0.2) is 48.6 Å². The summed E-state index contributed by atoms with van der Waals surface area (Å²) in [4.78, 5) is 37.2. The summed E-state index contributed by atoms with van der Waals surface area (Å²) in [6.45, 7) is 0. The lowest BCUT2D eigenvalue weighted by atomic mass is 9.79. The first kappa shape index (κ1) is 29.0. The number of carbonyl (C=O) groups is 3. The van der Waals surface area contributed by atoms with Crippen LogP contribution in [0.3, 0.4) is 0 Å². The standard InChI is InChI=1S/C27H28O12/c1-36-20-8-4-16(12-19(20)30)6-10-24(32)39-22-14-27(35,26(34)37-2)13-21(25(22)33)38-23(31)9-5-15-3-7-17(28)18(29)11-15/h3-12,21-22,25,28-30,33,35H,13-14H2,1-2H3/b9-5+,10-6+/t21-,22-,25+,27-/m1/s1. The largest absolute Gasteiger partial charge is 0.504 e. The lowest BCUT2D eigenvalue weighted by Crippen LogP contribution is -2.58. The topological polar surface area (TPSA) is 189 Å². The zero-order valence-electron chi connectivity index (χ0n) is 21.0. The van der Waals surface area contributed by atoms with E-state index in [0.29, 0.717) is 11.1 Å². The number of rotatable bonds is 8. The van der Waals surface area contributed by atoms with Gasteiger partial charge in [0.05, 0.1) is 14.2 Å². The van der Waals surface area contributed by atoms with Crippen LogP contribution in [0.25, 0.3) is 12.2 Å². The molecule has 3 rings (SSSR count). The molecule has 5 N–H and O–H groups in total. The zero-order valence-corrected chi connectivity index (χ0v) is 21.0. The molecule has 0 spiro atoms. The molecule has 4 atom stereocenters. The minimum absolute atomic E-state index is 0.153. The molecule has 0 aliphatic heterocycles. The minimum Gasteiger partial charge on any atom is -0.504 e. The van der Waals surface area contributed by atoms with Crippen LogP contribution < -0.4 is 4.74 Å². The van der Waals surface area contributed by atoms with Gasteiger partial charge in [0.25, 0.3) is 0 Å². The number of aromatic hydroxyl groups is 3. The molecular weight excluding hydrogens is 516 g/mol. The van der Waals surface area contributed by atoms with Gasteiger partial charge in [-0.05, 0) is 47.5 Å². The summed E-state index contributed by atoms with van der Waals surface area (Å²) in [5.41, 5.74) is -1.45. The number of phenols is 3. The summed E-state index contributed by atoms with van der Waals surface area (Å²) in [6, 6.07) is 8.22. The van der Waals surface area contributed by atoms with Crippen LogP contribution in [0.5, 0.6) is 23.0 Å². The van der Waals surface area contributed by atoms with E-state index in [1.165, 1.54) is 49.6 Å². The van der Waals surface area contributed by atoms with Gasteiger partial charge in [-0.1, -0.05) is 12.1 Å². The second-order valence-electron chi connectivity index (χ2n) is 8.72. The van der Waals surface area contributed by atoms with Gasteiger partial charge >= 0.3 is 17.9 Å². The Kier molecular flexibility index (Phi) is 9.17. The number of methoxy groups -OCH3 is 2. The third-order valence-electron chi connectivity index (χ3n) is 5.97. The van der Waals surface area contributed by atoms with Crippen molar-refractivity contribution in [3.05, 3.63) is 59.7 Å². The highest BCUT2D eigenvalue weighted by Crippen LogP contribution is 2.34. The van der Waals surface area contributed by atoms with Crippen molar-refractivity contribution in [3.63, 3.8) is 0 Å². The maximum atomic E-state index is 12.5. The molecule has 1 aliphatic carbocycles. The summed E-state index contributed by atoms with van der Waals surface area (Å²) in [6.07, 6.45) is -1.01. The van der Waals surface area contributed by atoms with Gasteiger partial charge in [0, 0.05) is 25.0 Å². The number of aliphatic hydroxyl groups is 2. The Morgan fingerprint density at radius 1 is 0.821 bits per heavy atom. The number of esters is 3. The van der Waals surface area contributed by atoms with Crippen LogP contribution >= 0.6 is 0 Å². The third-order valence-corrected chi connectivity index (χ3v) is 5.97. The van der Waals surface area contributed by atoms with E-state index in [1.807, 2.05) is 0 Å². The van der Waals surface area contributed by atoms with Gasteiger partial charge in [0.2, 0.25) is 0 Å². The van der Waals surface area contributed by atoms with Crippen molar-refractivity contribution >= 4 is 30.1 Å². The Labute approximate surface area is 222 Å². The summed E-state index contributed by atoms with van der Waals surface area (Å²) < 4.78 is 20.1. The fourth-order valence-electron chi connectivity index (χ4n) is 3.97. The van der Waals surface area contributed by atoms with Crippen molar-refractivity contribution in [1.29, 1.82) is 0 Å². The van der Waals surface area contributed by atoms with Crippen LogP contribution in [-0.2, 0) is 28.6 Å². The predicted molar refractivity (Wildman–Crippen MR) is 134 cm³/mol. The monoisotopic (exact) mass is 544 g/mol. The quantitative estimate of drug-likeness (QED) is 0.139. The van der Waals surface area contributed by atoms with Crippen LogP contribution in [0.2, 0.25) is 0 Å². The van der Waals surface area contributed by atoms with Crippen LogP contribution in [0.1, 0.15) is 24.0 Å². The molecule has 0 amide bonds. The first-order valence-electron chi connectivity index (χ1n) is 11.6. The molecule has 0 unspecified atom stereocenters. The Morgan fingerprint density at radius 2 is 1.33 bits per heavy atom. The van der Waals surface area contributed by atoms with Crippen LogP contribution in [-0.4, -0.2) is 81.6 Å². The lowest BCUT2D eigenvalue weighted by Gasteiger charge is -2.41. The minimum atomic E-state index is -2.23. The molecule has 12 nitrogen and oxygen atoms in total. The Hall–Kier alpha value is -4.55. The number of benzene rings is 2. The second kappa shape index (κ2) is 12.3. The molecule has 1 fully saturated rings. The van der Waals surface area contributed by atoms with Gasteiger partial charge < -0.3 is 44.5 Å². The van der Waals surface area contributed by atoms with Gasteiger partial charge in [-0.2, -0.15) is 0 Å². The zero-order chi connectivity index (χ0) is 28.7. The molecular formula is C27H28O12. The van der Waals surface area contributed by atoms with E-state index >= 15 is 0 Å². The number of aliphatic hydroxyl groups excluding tert-OH is 1. The van der Waals surface area contributed by atoms with Crippen molar-refractivity contribution in [3.8, 4) is 23.0 Å². The van der Waals surface area contributed by atoms with E-state index < -0.39 is 60.4 Å². The van der Waals surface area contributed by atoms with Crippen molar-refractivity contribution in [2.45, 2.75) is 36.8 Å². The van der Waals surface area contributed by atoms with E-state index in [2.05, 4.69) is 4.74 Å². The molecule has 1 aliphatic rings. The third kappa shape index (κ3) is 7.27. The van der Waals surface area contributed by atoms with Crippen molar-refractivity contribution < 1.29 is 58.9 Å². The molecule has 2 aromatic rings.